The predicted octanol–water partition coefficient (Wildman–Crippen LogP) is 4.34. The number of nitrogens with zero attached hydrogens (tertiary/aromatic N) is 3. The van der Waals surface area contributed by atoms with Crippen LogP contribution in [0.1, 0.15) is 47.8 Å². The topological polar surface area (TPSA) is 76.7 Å². The van der Waals surface area contributed by atoms with E-state index in [0.29, 0.717) is 0 Å². The lowest BCUT2D eigenvalue weighted by Gasteiger charge is -2.43. The standard InChI is InChI=1S/C20H37N3O5SSi2/c1-19(2,3)30(8,9)27-13-12-14(26-15(13)28-31(10,11)20(4,5)6)23-16(25-12)21-17(29)22(7)18(23)24/h12-15H,1-11H3/t12-,13-,14+,15+/m0/s1. The van der Waals surface area contributed by atoms with Gasteiger partial charge < -0.3 is 18.3 Å². The second-order valence-corrected chi connectivity index (χ2v) is 21.5. The third-order valence-electron chi connectivity index (χ3n) is 7.27. The molecule has 176 valence electrons. The van der Waals surface area contributed by atoms with Gasteiger partial charge in [-0.25, -0.2) is 9.36 Å². The average Bonchev–Trinajstić information content (AvgIpc) is 3.06. The van der Waals surface area contributed by atoms with Crippen LogP contribution in [0.15, 0.2) is 4.79 Å². The minimum atomic E-state index is -2.19. The lowest BCUT2D eigenvalue weighted by molar-refractivity contribution is -0.130. The molecule has 8 nitrogen and oxygen atoms in total. The van der Waals surface area contributed by atoms with Gasteiger partial charge in [0.15, 0.2) is 35.3 Å². The normalized spacial score (nSPS) is 26.5. The Hall–Kier alpha value is -0.856. The molecular weight excluding hydrogens is 450 g/mol. The highest BCUT2D eigenvalue weighted by Gasteiger charge is 2.58. The summed E-state index contributed by atoms with van der Waals surface area (Å²) in [6, 6.07) is 0.178. The van der Waals surface area contributed by atoms with E-state index in [-0.39, 0.29) is 26.5 Å². The lowest BCUT2D eigenvalue weighted by Crippen LogP contribution is -2.53. The summed E-state index contributed by atoms with van der Waals surface area (Å²) in [5.74, 6) is 0. The van der Waals surface area contributed by atoms with Gasteiger partial charge in [-0.3, -0.25) is 4.57 Å². The average molecular weight is 488 g/mol. The summed E-state index contributed by atoms with van der Waals surface area (Å²) in [6.07, 6.45) is -2.29. The van der Waals surface area contributed by atoms with Crippen molar-refractivity contribution >= 4 is 28.9 Å². The monoisotopic (exact) mass is 487 g/mol. The molecule has 11 heteroatoms. The summed E-state index contributed by atoms with van der Waals surface area (Å²) in [5.41, 5.74) is -0.318. The Labute approximate surface area is 192 Å². The van der Waals surface area contributed by atoms with E-state index in [1.807, 2.05) is 0 Å². The Kier molecular flexibility index (Phi) is 6.07. The predicted molar refractivity (Wildman–Crippen MR) is 127 cm³/mol. The number of hydrogen-bond acceptors (Lipinski definition) is 7. The largest absolute Gasteiger partial charge is 0.453 e. The maximum absolute atomic E-state index is 12.9. The van der Waals surface area contributed by atoms with Crippen molar-refractivity contribution in [3.05, 3.63) is 15.3 Å². The van der Waals surface area contributed by atoms with Crippen molar-refractivity contribution < 1.29 is 18.3 Å². The second-order valence-electron chi connectivity index (χ2n) is 11.6. The molecule has 2 aliphatic heterocycles. The van der Waals surface area contributed by atoms with Gasteiger partial charge in [-0.15, -0.1) is 0 Å². The molecule has 0 amide bonds. The van der Waals surface area contributed by atoms with Crippen molar-refractivity contribution in [3.63, 3.8) is 0 Å². The third kappa shape index (κ3) is 4.24. The molecular formula is C20H37N3O5SSi2. The van der Waals surface area contributed by atoms with Crippen LogP contribution in [0.4, 0.5) is 0 Å². The Bertz CT molecular complexity index is 977. The molecule has 3 heterocycles. The maximum atomic E-state index is 12.9. The van der Waals surface area contributed by atoms with Crippen molar-refractivity contribution in [3.8, 4) is 6.01 Å². The quantitative estimate of drug-likeness (QED) is 0.462. The number of rotatable bonds is 4. The molecule has 1 aromatic rings. The molecule has 31 heavy (non-hydrogen) atoms. The first-order chi connectivity index (χ1) is 13.9. The minimum absolute atomic E-state index is 0.00356. The van der Waals surface area contributed by atoms with Gasteiger partial charge in [-0.05, 0) is 48.5 Å². The Balaban J connectivity index is 2.03. The summed E-state index contributed by atoms with van der Waals surface area (Å²) in [6.45, 7) is 21.9. The molecule has 0 spiro atoms. The van der Waals surface area contributed by atoms with Gasteiger partial charge >= 0.3 is 11.7 Å². The van der Waals surface area contributed by atoms with Gasteiger partial charge in [0, 0.05) is 7.05 Å². The summed E-state index contributed by atoms with van der Waals surface area (Å²) >= 11 is 5.19. The molecule has 0 N–H and O–H groups in total. The molecule has 0 aromatic carbocycles. The lowest BCUT2D eigenvalue weighted by atomic mass is 10.2. The molecule has 0 radical (unpaired) electrons. The Morgan fingerprint density at radius 1 is 1.00 bits per heavy atom. The van der Waals surface area contributed by atoms with E-state index in [0.717, 1.165) is 0 Å². The van der Waals surface area contributed by atoms with Gasteiger partial charge in [-0.1, -0.05) is 41.5 Å². The number of aromatic nitrogens is 3. The molecule has 3 rings (SSSR count). The highest BCUT2D eigenvalue weighted by Crippen LogP contribution is 2.47. The number of hydrogen-bond donors (Lipinski definition) is 0. The highest BCUT2D eigenvalue weighted by molar-refractivity contribution is 7.71. The van der Waals surface area contributed by atoms with Crippen LogP contribution in [0.2, 0.25) is 36.3 Å². The molecule has 0 aliphatic carbocycles. The highest BCUT2D eigenvalue weighted by atomic mass is 32.1. The first-order valence-electron chi connectivity index (χ1n) is 10.7. The van der Waals surface area contributed by atoms with Crippen LogP contribution in [-0.4, -0.2) is 49.3 Å². The van der Waals surface area contributed by atoms with Crippen molar-refractivity contribution in [2.75, 3.05) is 0 Å². The Morgan fingerprint density at radius 3 is 2.03 bits per heavy atom. The number of ether oxygens (including phenoxy) is 2. The Morgan fingerprint density at radius 2 is 1.52 bits per heavy atom. The first kappa shape index (κ1) is 24.8. The summed E-state index contributed by atoms with van der Waals surface area (Å²) in [7, 11) is -2.77. The van der Waals surface area contributed by atoms with Crippen molar-refractivity contribution in [1.82, 2.24) is 14.1 Å². The fraction of sp³-hybridized carbons (Fsp3) is 0.850. The fourth-order valence-corrected chi connectivity index (χ4v) is 5.66. The molecule has 1 saturated heterocycles. The maximum Gasteiger partial charge on any atom is 0.336 e. The van der Waals surface area contributed by atoms with E-state index in [9.17, 15) is 4.79 Å². The van der Waals surface area contributed by atoms with Gasteiger partial charge in [0.25, 0.3) is 0 Å². The van der Waals surface area contributed by atoms with Gasteiger partial charge in [0.05, 0.1) is 0 Å². The molecule has 1 aromatic heterocycles. The zero-order valence-corrected chi connectivity index (χ0v) is 23.4. The summed E-state index contributed by atoms with van der Waals surface area (Å²) < 4.78 is 28.8. The van der Waals surface area contributed by atoms with E-state index in [1.54, 1.807) is 7.05 Å². The molecule has 0 bridgehead atoms. The van der Waals surface area contributed by atoms with Crippen molar-refractivity contribution in [2.24, 2.45) is 7.05 Å². The van der Waals surface area contributed by atoms with Gasteiger partial charge in [0.2, 0.25) is 4.77 Å². The molecule has 0 saturated carbocycles. The minimum Gasteiger partial charge on any atom is -0.453 e. The van der Waals surface area contributed by atoms with Crippen LogP contribution in [0, 0.1) is 4.77 Å². The fourth-order valence-electron chi connectivity index (χ4n) is 3.10. The van der Waals surface area contributed by atoms with E-state index in [1.165, 1.54) is 9.13 Å². The summed E-state index contributed by atoms with van der Waals surface area (Å²) in [4.78, 5) is 17.2. The summed E-state index contributed by atoms with van der Waals surface area (Å²) in [5, 5.41) is -0.0101. The van der Waals surface area contributed by atoms with Crippen molar-refractivity contribution in [2.45, 2.75) is 103 Å². The van der Waals surface area contributed by atoms with Crippen LogP contribution in [-0.2, 0) is 20.6 Å². The SMILES string of the molecule is Cn1c(=S)nc2n(c1=O)[C@@H]1O[C@H](O[Si](C)(C)C(C)(C)C)[C@@H](O[Si](C)(C)C(C)(C)C)[C@@H]1O2. The van der Waals surface area contributed by atoms with Crippen LogP contribution in [0.25, 0.3) is 0 Å². The third-order valence-corrected chi connectivity index (χ3v) is 16.5. The van der Waals surface area contributed by atoms with Crippen LogP contribution in [0.5, 0.6) is 6.01 Å². The molecule has 4 atom stereocenters. The first-order valence-corrected chi connectivity index (χ1v) is 17.0. The van der Waals surface area contributed by atoms with E-state index in [2.05, 4.69) is 72.7 Å². The number of fused-ring (bicyclic) bond motifs is 3. The van der Waals surface area contributed by atoms with E-state index < -0.39 is 41.4 Å². The second kappa shape index (κ2) is 7.59. The van der Waals surface area contributed by atoms with Crippen LogP contribution < -0.4 is 10.4 Å². The zero-order chi connectivity index (χ0) is 23.7. The molecule has 2 aliphatic rings. The van der Waals surface area contributed by atoms with E-state index in [4.69, 9.17) is 30.5 Å². The van der Waals surface area contributed by atoms with Gasteiger partial charge in [-0.2, -0.15) is 4.98 Å². The van der Waals surface area contributed by atoms with Crippen molar-refractivity contribution in [1.29, 1.82) is 0 Å². The zero-order valence-electron chi connectivity index (χ0n) is 20.6. The van der Waals surface area contributed by atoms with Crippen LogP contribution >= 0.6 is 12.2 Å². The molecule has 0 unspecified atom stereocenters. The smallest absolute Gasteiger partial charge is 0.336 e. The van der Waals surface area contributed by atoms with Gasteiger partial charge in [0.1, 0.15) is 6.10 Å². The van der Waals surface area contributed by atoms with E-state index >= 15 is 0 Å². The molecule has 1 fully saturated rings. The van der Waals surface area contributed by atoms with Crippen LogP contribution in [0.3, 0.4) is 0 Å².